The molecule has 96 valence electrons. The van der Waals surface area contributed by atoms with E-state index in [1.807, 2.05) is 6.92 Å². The standard InChI is InChI=1S/C10H16N2O4S/c1-4-8-7(2)12-16-10(8)11-9(13)5-6-17(3,14)15/h4-6H2,1-3H3,(H,11,13). The first-order valence-corrected chi connectivity index (χ1v) is 7.32. The van der Waals surface area contributed by atoms with Gasteiger partial charge < -0.3 is 4.52 Å². The van der Waals surface area contributed by atoms with Crippen molar-refractivity contribution in [3.8, 4) is 0 Å². The van der Waals surface area contributed by atoms with Gasteiger partial charge in [-0.1, -0.05) is 12.1 Å². The molecule has 0 fully saturated rings. The first-order valence-electron chi connectivity index (χ1n) is 5.26. The van der Waals surface area contributed by atoms with Crippen molar-refractivity contribution in [2.45, 2.75) is 26.7 Å². The SMILES string of the molecule is CCc1c(C)noc1NC(=O)CCS(C)(=O)=O. The normalized spacial score (nSPS) is 11.5. The molecule has 6 nitrogen and oxygen atoms in total. The monoisotopic (exact) mass is 260 g/mol. The molecule has 7 heteroatoms. The van der Waals surface area contributed by atoms with Crippen LogP contribution in [0, 0.1) is 6.92 Å². The molecule has 1 aromatic rings. The number of nitrogens with zero attached hydrogens (tertiary/aromatic N) is 1. The number of amides is 1. The Morgan fingerprint density at radius 3 is 2.65 bits per heavy atom. The van der Waals surface area contributed by atoms with Crippen molar-refractivity contribution in [2.24, 2.45) is 0 Å². The average molecular weight is 260 g/mol. The largest absolute Gasteiger partial charge is 0.338 e. The fourth-order valence-electron chi connectivity index (χ4n) is 1.37. The maximum absolute atomic E-state index is 11.5. The smallest absolute Gasteiger partial charge is 0.234 e. The molecule has 0 aromatic carbocycles. The zero-order chi connectivity index (χ0) is 13.1. The van der Waals surface area contributed by atoms with Crippen LogP contribution >= 0.6 is 0 Å². The van der Waals surface area contributed by atoms with Gasteiger partial charge in [0, 0.05) is 18.2 Å². The number of nitrogens with one attached hydrogen (secondary N) is 1. The minimum atomic E-state index is -3.13. The molecule has 1 amide bonds. The quantitative estimate of drug-likeness (QED) is 0.850. The Hall–Kier alpha value is -1.37. The Balaban J connectivity index is 2.62. The van der Waals surface area contributed by atoms with Crippen LogP contribution < -0.4 is 5.32 Å². The molecule has 0 spiro atoms. The van der Waals surface area contributed by atoms with Crippen LogP contribution in [0.1, 0.15) is 24.6 Å². The van der Waals surface area contributed by atoms with Gasteiger partial charge in [0.2, 0.25) is 11.8 Å². The number of carbonyl (C=O) groups is 1. The lowest BCUT2D eigenvalue weighted by Crippen LogP contribution is -2.16. The minimum absolute atomic E-state index is 0.0816. The molecule has 1 rings (SSSR count). The highest BCUT2D eigenvalue weighted by Gasteiger charge is 2.15. The molecule has 0 atom stereocenters. The number of hydrogen-bond donors (Lipinski definition) is 1. The molecule has 0 bridgehead atoms. The van der Waals surface area contributed by atoms with Crippen molar-refractivity contribution in [1.82, 2.24) is 5.16 Å². The summed E-state index contributed by atoms with van der Waals surface area (Å²) in [6.45, 7) is 3.71. The van der Waals surface area contributed by atoms with E-state index in [1.165, 1.54) is 0 Å². The lowest BCUT2D eigenvalue weighted by atomic mass is 10.2. The Bertz CT molecular complexity index is 504. The van der Waals surface area contributed by atoms with Crippen molar-refractivity contribution in [3.63, 3.8) is 0 Å². The Labute approximate surface area is 100 Å². The van der Waals surface area contributed by atoms with Crippen LogP contribution in [0.4, 0.5) is 5.88 Å². The van der Waals surface area contributed by atoms with Crippen LogP contribution in [-0.4, -0.2) is 31.5 Å². The van der Waals surface area contributed by atoms with Crippen molar-refractivity contribution in [3.05, 3.63) is 11.3 Å². The predicted molar refractivity (Wildman–Crippen MR) is 63.6 cm³/mol. The molecule has 1 N–H and O–H groups in total. The predicted octanol–water partition coefficient (Wildman–Crippen LogP) is 0.919. The molecule has 0 saturated heterocycles. The molecular weight excluding hydrogens is 244 g/mol. The summed E-state index contributed by atoms with van der Waals surface area (Å²) in [5.41, 5.74) is 1.56. The van der Waals surface area contributed by atoms with Gasteiger partial charge in [-0.25, -0.2) is 8.42 Å². The van der Waals surface area contributed by atoms with Gasteiger partial charge >= 0.3 is 0 Å². The number of aromatic nitrogens is 1. The van der Waals surface area contributed by atoms with Gasteiger partial charge in [-0.2, -0.15) is 0 Å². The molecule has 0 radical (unpaired) electrons. The second-order valence-electron chi connectivity index (χ2n) is 3.86. The van der Waals surface area contributed by atoms with Crippen molar-refractivity contribution in [1.29, 1.82) is 0 Å². The van der Waals surface area contributed by atoms with E-state index in [9.17, 15) is 13.2 Å². The van der Waals surface area contributed by atoms with E-state index >= 15 is 0 Å². The first kappa shape index (κ1) is 13.7. The fraction of sp³-hybridized carbons (Fsp3) is 0.600. The third-order valence-electron chi connectivity index (χ3n) is 2.29. The molecule has 0 aliphatic carbocycles. The van der Waals surface area contributed by atoms with Crippen LogP contribution in [0.2, 0.25) is 0 Å². The van der Waals surface area contributed by atoms with E-state index in [0.717, 1.165) is 17.5 Å². The maximum atomic E-state index is 11.5. The van der Waals surface area contributed by atoms with Crippen molar-refractivity contribution in [2.75, 3.05) is 17.3 Å². The zero-order valence-corrected chi connectivity index (χ0v) is 10.9. The summed E-state index contributed by atoms with van der Waals surface area (Å²) in [6, 6.07) is 0. The van der Waals surface area contributed by atoms with Crippen molar-refractivity contribution >= 4 is 21.6 Å². The van der Waals surface area contributed by atoms with Crippen LogP contribution in [0.25, 0.3) is 0 Å². The summed E-state index contributed by atoms with van der Waals surface area (Å²) in [7, 11) is -3.13. The number of aryl methyl sites for hydroxylation is 1. The van der Waals surface area contributed by atoms with Gasteiger partial charge in [-0.05, 0) is 13.3 Å². The van der Waals surface area contributed by atoms with Crippen molar-refractivity contribution < 1.29 is 17.7 Å². The van der Waals surface area contributed by atoms with Gasteiger partial charge in [0.1, 0.15) is 9.84 Å². The van der Waals surface area contributed by atoms with E-state index in [4.69, 9.17) is 4.52 Å². The van der Waals surface area contributed by atoms with Gasteiger partial charge in [0.05, 0.1) is 11.4 Å². The summed E-state index contributed by atoms with van der Waals surface area (Å²) >= 11 is 0. The van der Waals surface area contributed by atoms with Crippen LogP contribution in [0.15, 0.2) is 4.52 Å². The molecular formula is C10H16N2O4S. The van der Waals surface area contributed by atoms with Crippen LogP contribution in [0.3, 0.4) is 0 Å². The number of carbonyl (C=O) groups excluding carboxylic acids is 1. The average Bonchev–Trinajstić information content (AvgIpc) is 2.55. The molecule has 0 aliphatic rings. The number of rotatable bonds is 5. The fourth-order valence-corrected chi connectivity index (χ4v) is 1.93. The molecule has 1 heterocycles. The summed E-state index contributed by atoms with van der Waals surface area (Å²) in [4.78, 5) is 11.5. The second kappa shape index (κ2) is 5.31. The molecule has 0 saturated carbocycles. The number of sulfone groups is 1. The highest BCUT2D eigenvalue weighted by Crippen LogP contribution is 2.19. The maximum Gasteiger partial charge on any atom is 0.234 e. The van der Waals surface area contributed by atoms with E-state index in [-0.39, 0.29) is 18.1 Å². The first-order chi connectivity index (χ1) is 7.83. The third-order valence-corrected chi connectivity index (χ3v) is 3.24. The Morgan fingerprint density at radius 2 is 2.12 bits per heavy atom. The third kappa shape index (κ3) is 4.18. The molecule has 0 unspecified atom stereocenters. The Kier molecular flexibility index (Phi) is 4.28. The van der Waals surface area contributed by atoms with E-state index < -0.39 is 9.84 Å². The lowest BCUT2D eigenvalue weighted by Gasteiger charge is -2.02. The summed E-state index contributed by atoms with van der Waals surface area (Å²) in [5.74, 6) is -0.252. The van der Waals surface area contributed by atoms with Crippen LogP contribution in [0.5, 0.6) is 0 Å². The molecule has 17 heavy (non-hydrogen) atoms. The van der Waals surface area contributed by atoms with Gasteiger partial charge in [-0.3, -0.25) is 10.1 Å². The highest BCUT2D eigenvalue weighted by molar-refractivity contribution is 7.90. The number of hydrogen-bond acceptors (Lipinski definition) is 5. The minimum Gasteiger partial charge on any atom is -0.338 e. The van der Waals surface area contributed by atoms with E-state index in [1.54, 1.807) is 6.92 Å². The Morgan fingerprint density at radius 1 is 1.47 bits per heavy atom. The summed E-state index contributed by atoms with van der Waals surface area (Å²) in [5, 5.41) is 6.26. The van der Waals surface area contributed by atoms with E-state index in [2.05, 4.69) is 10.5 Å². The van der Waals surface area contributed by atoms with Crippen LogP contribution in [-0.2, 0) is 21.1 Å². The summed E-state index contributed by atoms with van der Waals surface area (Å²) < 4.78 is 26.8. The van der Waals surface area contributed by atoms with Gasteiger partial charge in [0.15, 0.2) is 0 Å². The highest BCUT2D eigenvalue weighted by atomic mass is 32.2. The van der Waals surface area contributed by atoms with Gasteiger partial charge in [0.25, 0.3) is 0 Å². The topological polar surface area (TPSA) is 89.3 Å². The van der Waals surface area contributed by atoms with Gasteiger partial charge in [-0.15, -0.1) is 0 Å². The molecule has 0 aliphatic heterocycles. The molecule has 1 aromatic heterocycles. The van der Waals surface area contributed by atoms with E-state index in [0.29, 0.717) is 12.3 Å². The second-order valence-corrected chi connectivity index (χ2v) is 6.12. The summed E-state index contributed by atoms with van der Waals surface area (Å²) in [6.07, 6.45) is 1.70. The lowest BCUT2D eigenvalue weighted by molar-refractivity contribution is -0.115. The number of anilines is 1. The zero-order valence-electron chi connectivity index (χ0n) is 10.1.